The van der Waals surface area contributed by atoms with Gasteiger partial charge in [0.25, 0.3) is 0 Å². The van der Waals surface area contributed by atoms with Crippen LogP contribution in [0.15, 0.2) is 140 Å². The zero-order valence-corrected chi connectivity index (χ0v) is 27.6. The molecule has 1 spiro atoms. The molecule has 234 valence electrons. The summed E-state index contributed by atoms with van der Waals surface area (Å²) in [5.41, 5.74) is 12.8. The molecule has 8 aromatic rings. The minimum absolute atomic E-state index is 0.147. The fourth-order valence-electron chi connectivity index (χ4n) is 12.0. The highest BCUT2D eigenvalue weighted by molar-refractivity contribution is 6.24. The van der Waals surface area contributed by atoms with Crippen molar-refractivity contribution in [2.75, 3.05) is 0 Å². The Hall–Kier alpha value is -5.14. The Morgan fingerprint density at radius 3 is 2.06 bits per heavy atom. The van der Waals surface area contributed by atoms with Gasteiger partial charge in [-0.1, -0.05) is 115 Å². The Kier molecular flexibility index (Phi) is 5.20. The molecule has 0 unspecified atom stereocenters. The highest BCUT2D eigenvalue weighted by Crippen LogP contribution is 2.70. The summed E-state index contributed by atoms with van der Waals surface area (Å²) >= 11 is 0. The van der Waals surface area contributed by atoms with Crippen molar-refractivity contribution in [1.82, 2.24) is 4.57 Å². The maximum Gasteiger partial charge on any atom is 0.0622 e. The summed E-state index contributed by atoms with van der Waals surface area (Å²) in [6.45, 7) is 0. The molecule has 0 saturated heterocycles. The van der Waals surface area contributed by atoms with Gasteiger partial charge in [-0.15, -0.1) is 0 Å². The second-order valence-corrected chi connectivity index (χ2v) is 15.7. The van der Waals surface area contributed by atoms with Crippen LogP contribution < -0.4 is 0 Å². The van der Waals surface area contributed by atoms with E-state index < -0.39 is 0 Å². The first kappa shape index (κ1) is 26.8. The fraction of sp³-hybridized carbons (Fsp3) is 0.208. The Bertz CT molecular complexity index is 2650. The van der Waals surface area contributed by atoms with Gasteiger partial charge in [-0.2, -0.15) is 0 Å². The molecule has 1 heterocycles. The minimum Gasteiger partial charge on any atom is -0.309 e. The van der Waals surface area contributed by atoms with Crippen molar-refractivity contribution in [2.45, 2.75) is 37.5 Å². The quantitative estimate of drug-likeness (QED) is 0.180. The molecular weight excluding hydrogens is 591 g/mol. The fourth-order valence-corrected chi connectivity index (χ4v) is 12.0. The van der Waals surface area contributed by atoms with Gasteiger partial charge < -0.3 is 4.57 Å². The van der Waals surface area contributed by atoms with Gasteiger partial charge in [-0.3, -0.25) is 0 Å². The van der Waals surface area contributed by atoms with Crippen LogP contribution in [0.2, 0.25) is 0 Å². The molecule has 1 heteroatoms. The largest absolute Gasteiger partial charge is 0.309 e. The standard InChI is InChI=1S/C48H37N/c1-2-8-31(9-3-1)33-14-15-35-28-38(18-16-34(35)27-33)49-44-21-17-32-10-4-5-11-39(32)45(44)41-19-20-43-46(47(41)49)40-12-6-7-13-42(40)48(43)36-23-29-22-30(25-36)26-37(48)24-29/h1-21,27-30,36-37H,22-26H2. The van der Waals surface area contributed by atoms with Gasteiger partial charge in [0.05, 0.1) is 11.0 Å². The summed E-state index contributed by atoms with van der Waals surface area (Å²) < 4.78 is 2.63. The van der Waals surface area contributed by atoms with Crippen molar-refractivity contribution in [3.8, 4) is 27.9 Å². The molecule has 0 atom stereocenters. The number of hydrogen-bond donors (Lipinski definition) is 0. The van der Waals surface area contributed by atoms with E-state index in [4.69, 9.17) is 0 Å². The smallest absolute Gasteiger partial charge is 0.0622 e. The van der Waals surface area contributed by atoms with E-state index in [-0.39, 0.29) is 5.41 Å². The maximum absolute atomic E-state index is 2.63. The van der Waals surface area contributed by atoms with Gasteiger partial charge in [0, 0.05) is 27.4 Å². The van der Waals surface area contributed by atoms with Crippen molar-refractivity contribution in [3.05, 3.63) is 151 Å². The third-order valence-electron chi connectivity index (χ3n) is 13.5. The maximum atomic E-state index is 2.63. The lowest BCUT2D eigenvalue weighted by molar-refractivity contribution is -0.0399. The molecule has 0 amide bonds. The SMILES string of the molecule is c1ccc(-c2ccc3cc(-n4c5ccc6ccccc6c5c5ccc6c(c54)-c4ccccc4C64C5CC6CC(C5)CC4C6)ccc3c2)cc1. The van der Waals surface area contributed by atoms with E-state index in [9.17, 15) is 0 Å². The van der Waals surface area contributed by atoms with Crippen LogP contribution in [-0.2, 0) is 5.41 Å². The number of nitrogens with zero attached hydrogens (tertiary/aromatic N) is 1. The van der Waals surface area contributed by atoms with Gasteiger partial charge in [0.15, 0.2) is 0 Å². The first-order valence-corrected chi connectivity index (χ1v) is 18.4. The van der Waals surface area contributed by atoms with Gasteiger partial charge >= 0.3 is 0 Å². The zero-order valence-electron chi connectivity index (χ0n) is 27.6. The molecule has 4 fully saturated rings. The van der Waals surface area contributed by atoms with Crippen LogP contribution in [0, 0.1) is 23.7 Å². The van der Waals surface area contributed by atoms with Crippen molar-refractivity contribution in [2.24, 2.45) is 23.7 Å². The molecule has 4 saturated carbocycles. The van der Waals surface area contributed by atoms with Crippen LogP contribution in [0.4, 0.5) is 0 Å². The molecule has 5 aliphatic carbocycles. The van der Waals surface area contributed by atoms with Gasteiger partial charge in [0.2, 0.25) is 0 Å². The minimum atomic E-state index is 0.147. The monoisotopic (exact) mass is 627 g/mol. The number of benzene rings is 7. The Balaban J connectivity index is 1.18. The average Bonchev–Trinajstić information content (AvgIpc) is 3.65. The van der Waals surface area contributed by atoms with E-state index in [1.807, 2.05) is 0 Å². The Morgan fingerprint density at radius 1 is 0.490 bits per heavy atom. The van der Waals surface area contributed by atoms with Crippen LogP contribution in [0.25, 0.3) is 71.3 Å². The summed E-state index contributed by atoms with van der Waals surface area (Å²) in [4.78, 5) is 0. The summed E-state index contributed by atoms with van der Waals surface area (Å²) in [5, 5.41) is 7.95. The van der Waals surface area contributed by atoms with Crippen molar-refractivity contribution < 1.29 is 0 Å². The Morgan fingerprint density at radius 2 is 1.20 bits per heavy atom. The van der Waals surface area contributed by atoms with Gasteiger partial charge in [-0.05, 0) is 129 Å². The van der Waals surface area contributed by atoms with Crippen LogP contribution in [-0.4, -0.2) is 4.57 Å². The summed E-state index contributed by atoms with van der Waals surface area (Å²) in [7, 11) is 0. The first-order chi connectivity index (χ1) is 24.3. The molecule has 0 radical (unpaired) electrons. The lowest BCUT2D eigenvalue weighted by Crippen LogP contribution is -2.55. The van der Waals surface area contributed by atoms with Gasteiger partial charge in [-0.25, -0.2) is 0 Å². The summed E-state index contributed by atoms with van der Waals surface area (Å²) in [5.74, 6) is 3.38. The van der Waals surface area contributed by atoms with Gasteiger partial charge in [0.1, 0.15) is 0 Å². The normalized spacial score (nSPS) is 24.8. The van der Waals surface area contributed by atoms with E-state index in [0.717, 1.165) is 23.7 Å². The van der Waals surface area contributed by atoms with E-state index >= 15 is 0 Å². The molecule has 7 aromatic carbocycles. The molecular formula is C48H37N. The second kappa shape index (κ2) is 9.51. The average molecular weight is 628 g/mol. The zero-order chi connectivity index (χ0) is 31.8. The molecule has 0 N–H and O–H groups in total. The number of aromatic nitrogens is 1. The number of hydrogen-bond acceptors (Lipinski definition) is 0. The molecule has 0 aliphatic heterocycles. The van der Waals surface area contributed by atoms with Crippen LogP contribution in [0.3, 0.4) is 0 Å². The third kappa shape index (κ3) is 3.41. The van der Waals surface area contributed by atoms with E-state index in [1.54, 1.807) is 11.1 Å². The van der Waals surface area contributed by atoms with E-state index in [1.165, 1.54) is 103 Å². The highest BCUT2D eigenvalue weighted by Gasteiger charge is 2.61. The molecule has 5 aliphatic rings. The number of rotatable bonds is 2. The molecule has 1 nitrogen and oxygen atoms in total. The van der Waals surface area contributed by atoms with Crippen molar-refractivity contribution in [1.29, 1.82) is 0 Å². The molecule has 4 bridgehead atoms. The third-order valence-corrected chi connectivity index (χ3v) is 13.5. The van der Waals surface area contributed by atoms with Crippen molar-refractivity contribution in [3.63, 3.8) is 0 Å². The number of fused-ring (bicyclic) bond motifs is 10. The van der Waals surface area contributed by atoms with E-state index in [0.29, 0.717) is 0 Å². The second-order valence-electron chi connectivity index (χ2n) is 15.7. The molecule has 49 heavy (non-hydrogen) atoms. The van der Waals surface area contributed by atoms with Crippen molar-refractivity contribution >= 4 is 43.4 Å². The highest BCUT2D eigenvalue weighted by atomic mass is 15.0. The summed E-state index contributed by atoms with van der Waals surface area (Å²) in [6, 6.07) is 53.2. The summed E-state index contributed by atoms with van der Waals surface area (Å²) in [6.07, 6.45) is 7.10. The Labute approximate surface area is 286 Å². The van der Waals surface area contributed by atoms with E-state index in [2.05, 4.69) is 144 Å². The predicted octanol–water partition coefficient (Wildman–Crippen LogP) is 12.5. The lowest BCUT2D eigenvalue weighted by atomic mass is 9.43. The molecule has 13 rings (SSSR count). The topological polar surface area (TPSA) is 4.93 Å². The predicted molar refractivity (Wildman–Crippen MR) is 204 cm³/mol. The first-order valence-electron chi connectivity index (χ1n) is 18.4. The van der Waals surface area contributed by atoms with Crippen LogP contribution in [0.5, 0.6) is 0 Å². The van der Waals surface area contributed by atoms with Crippen LogP contribution in [0.1, 0.15) is 43.2 Å². The molecule has 1 aromatic heterocycles. The van der Waals surface area contributed by atoms with Crippen LogP contribution >= 0.6 is 0 Å². The lowest BCUT2D eigenvalue weighted by Gasteiger charge is -2.61.